The van der Waals surface area contributed by atoms with Crippen LogP contribution in [0.3, 0.4) is 0 Å². The number of fused-ring (bicyclic) bond motifs is 2. The highest BCUT2D eigenvalue weighted by Crippen LogP contribution is 2.36. The van der Waals surface area contributed by atoms with Crippen molar-refractivity contribution >= 4 is 21.9 Å². The Morgan fingerprint density at radius 1 is 0.926 bits per heavy atom. The van der Waals surface area contributed by atoms with E-state index in [-0.39, 0.29) is 0 Å². The first kappa shape index (κ1) is 15.7. The van der Waals surface area contributed by atoms with Crippen LogP contribution in [0.15, 0.2) is 73.1 Å². The van der Waals surface area contributed by atoms with E-state index in [1.807, 2.05) is 18.3 Å². The standard InChI is InChI=1S/C23H19N3O/c1-26-14-20(18-12-16(27-2)8-9-22(18)26)21-13-19-17(10-11-24-23(19)25-21)15-6-4-3-5-7-15/h3-14H,1-2H3,(H,24,25). The number of nitrogens with zero attached hydrogens (tertiary/aromatic N) is 2. The second kappa shape index (κ2) is 6.02. The predicted octanol–water partition coefficient (Wildman–Crippen LogP) is 5.40. The first-order chi connectivity index (χ1) is 13.2. The van der Waals surface area contributed by atoms with Crippen LogP contribution in [-0.2, 0) is 7.05 Å². The average molecular weight is 353 g/mol. The van der Waals surface area contributed by atoms with Crippen molar-refractivity contribution in [2.45, 2.75) is 0 Å². The highest BCUT2D eigenvalue weighted by Gasteiger charge is 2.14. The SMILES string of the molecule is COc1ccc2c(c1)c(-c1cc3c(-c4ccccc4)ccnc3[nH]1)cn2C. The smallest absolute Gasteiger partial charge is 0.138 e. The van der Waals surface area contributed by atoms with Gasteiger partial charge in [0.25, 0.3) is 0 Å². The Morgan fingerprint density at radius 2 is 1.78 bits per heavy atom. The first-order valence-corrected chi connectivity index (χ1v) is 8.91. The quantitative estimate of drug-likeness (QED) is 0.472. The molecule has 0 radical (unpaired) electrons. The third-order valence-electron chi connectivity index (χ3n) is 5.10. The number of hydrogen-bond acceptors (Lipinski definition) is 2. The molecule has 3 heterocycles. The molecular weight excluding hydrogens is 334 g/mol. The van der Waals surface area contributed by atoms with Crippen LogP contribution in [0.1, 0.15) is 0 Å². The van der Waals surface area contributed by atoms with Crippen LogP contribution in [0.2, 0.25) is 0 Å². The number of ether oxygens (including phenoxy) is 1. The van der Waals surface area contributed by atoms with E-state index in [0.717, 1.165) is 33.4 Å². The lowest BCUT2D eigenvalue weighted by Gasteiger charge is -2.02. The highest BCUT2D eigenvalue weighted by atomic mass is 16.5. The van der Waals surface area contributed by atoms with E-state index in [2.05, 4.69) is 76.3 Å². The van der Waals surface area contributed by atoms with Crippen LogP contribution in [-0.4, -0.2) is 21.6 Å². The second-order valence-electron chi connectivity index (χ2n) is 6.71. The fourth-order valence-electron chi connectivity index (χ4n) is 3.75. The number of pyridine rings is 1. The lowest BCUT2D eigenvalue weighted by atomic mass is 10.0. The monoisotopic (exact) mass is 353 g/mol. The Balaban J connectivity index is 1.74. The molecule has 3 aromatic heterocycles. The molecule has 0 unspecified atom stereocenters. The molecule has 5 aromatic rings. The molecule has 0 aliphatic rings. The molecule has 0 aliphatic heterocycles. The van der Waals surface area contributed by atoms with Gasteiger partial charge >= 0.3 is 0 Å². The summed E-state index contributed by atoms with van der Waals surface area (Å²) < 4.78 is 7.57. The number of methoxy groups -OCH3 is 1. The summed E-state index contributed by atoms with van der Waals surface area (Å²) in [7, 11) is 3.76. The van der Waals surface area contributed by atoms with Gasteiger partial charge in [-0.15, -0.1) is 0 Å². The van der Waals surface area contributed by atoms with E-state index in [1.54, 1.807) is 7.11 Å². The van der Waals surface area contributed by atoms with Gasteiger partial charge in [-0.1, -0.05) is 30.3 Å². The van der Waals surface area contributed by atoms with Gasteiger partial charge in [0.15, 0.2) is 0 Å². The van der Waals surface area contributed by atoms with Gasteiger partial charge < -0.3 is 14.3 Å². The van der Waals surface area contributed by atoms with Crippen molar-refractivity contribution in [2.24, 2.45) is 7.05 Å². The maximum absolute atomic E-state index is 5.43. The highest BCUT2D eigenvalue weighted by molar-refractivity contribution is 6.01. The van der Waals surface area contributed by atoms with Crippen molar-refractivity contribution in [2.75, 3.05) is 7.11 Å². The van der Waals surface area contributed by atoms with Crippen molar-refractivity contribution in [1.29, 1.82) is 0 Å². The molecule has 0 bridgehead atoms. The van der Waals surface area contributed by atoms with Crippen molar-refractivity contribution < 1.29 is 4.74 Å². The lowest BCUT2D eigenvalue weighted by Crippen LogP contribution is -1.84. The molecule has 0 atom stereocenters. The number of hydrogen-bond donors (Lipinski definition) is 1. The van der Waals surface area contributed by atoms with Crippen LogP contribution in [0.5, 0.6) is 5.75 Å². The van der Waals surface area contributed by atoms with Gasteiger partial charge in [-0.3, -0.25) is 0 Å². The first-order valence-electron chi connectivity index (χ1n) is 8.91. The summed E-state index contributed by atoms with van der Waals surface area (Å²) in [6, 6.07) is 20.9. The zero-order valence-electron chi connectivity index (χ0n) is 15.2. The number of aryl methyl sites for hydroxylation is 1. The molecule has 4 nitrogen and oxygen atoms in total. The van der Waals surface area contributed by atoms with Crippen LogP contribution in [0.4, 0.5) is 0 Å². The molecule has 0 saturated carbocycles. The topological polar surface area (TPSA) is 42.8 Å². The Labute approximate surface area is 157 Å². The number of aromatic nitrogens is 3. The van der Waals surface area contributed by atoms with E-state index < -0.39 is 0 Å². The van der Waals surface area contributed by atoms with E-state index in [1.165, 1.54) is 16.6 Å². The Hall–Kier alpha value is -3.53. The molecule has 27 heavy (non-hydrogen) atoms. The molecule has 0 amide bonds. The third kappa shape index (κ3) is 2.49. The average Bonchev–Trinajstić information content (AvgIpc) is 3.29. The summed E-state index contributed by atoms with van der Waals surface area (Å²) in [4.78, 5) is 8.05. The van der Waals surface area contributed by atoms with Crippen molar-refractivity contribution in [3.05, 3.63) is 73.1 Å². The summed E-state index contributed by atoms with van der Waals surface area (Å²) >= 11 is 0. The molecule has 0 aliphatic carbocycles. The zero-order valence-corrected chi connectivity index (χ0v) is 15.2. The van der Waals surface area contributed by atoms with E-state index in [4.69, 9.17) is 4.74 Å². The second-order valence-corrected chi connectivity index (χ2v) is 6.71. The molecule has 0 spiro atoms. The van der Waals surface area contributed by atoms with Gasteiger partial charge in [0, 0.05) is 47.0 Å². The number of rotatable bonds is 3. The normalized spacial score (nSPS) is 11.3. The minimum atomic E-state index is 0.856. The maximum Gasteiger partial charge on any atom is 0.138 e. The van der Waals surface area contributed by atoms with Crippen molar-refractivity contribution in [3.63, 3.8) is 0 Å². The molecule has 132 valence electrons. The molecule has 5 rings (SSSR count). The van der Waals surface area contributed by atoms with Gasteiger partial charge in [-0.25, -0.2) is 4.98 Å². The molecule has 0 saturated heterocycles. The summed E-state index contributed by atoms with van der Waals surface area (Å²) in [5, 5.41) is 2.28. The summed E-state index contributed by atoms with van der Waals surface area (Å²) in [5.74, 6) is 0.856. The zero-order chi connectivity index (χ0) is 18.4. The van der Waals surface area contributed by atoms with Crippen LogP contribution < -0.4 is 4.74 Å². The Kier molecular flexibility index (Phi) is 3.50. The van der Waals surface area contributed by atoms with Crippen LogP contribution in [0.25, 0.3) is 44.3 Å². The minimum Gasteiger partial charge on any atom is -0.497 e. The number of benzene rings is 2. The summed E-state index contributed by atoms with van der Waals surface area (Å²) in [6.07, 6.45) is 4.01. The van der Waals surface area contributed by atoms with Gasteiger partial charge in [0.2, 0.25) is 0 Å². The Morgan fingerprint density at radius 3 is 2.59 bits per heavy atom. The number of aromatic amines is 1. The minimum absolute atomic E-state index is 0.856. The number of H-pyrrole nitrogens is 1. The maximum atomic E-state index is 5.43. The van der Waals surface area contributed by atoms with E-state index in [0.29, 0.717) is 0 Å². The molecule has 1 N–H and O–H groups in total. The molecular formula is C23H19N3O. The van der Waals surface area contributed by atoms with Gasteiger partial charge in [0.1, 0.15) is 11.4 Å². The van der Waals surface area contributed by atoms with Crippen LogP contribution in [0, 0.1) is 0 Å². The third-order valence-corrected chi connectivity index (χ3v) is 5.10. The summed E-state index contributed by atoms with van der Waals surface area (Å²) in [6.45, 7) is 0. The van der Waals surface area contributed by atoms with Crippen LogP contribution >= 0.6 is 0 Å². The fraction of sp³-hybridized carbons (Fsp3) is 0.0870. The van der Waals surface area contributed by atoms with Gasteiger partial charge in [0.05, 0.1) is 7.11 Å². The van der Waals surface area contributed by atoms with E-state index in [9.17, 15) is 0 Å². The molecule has 4 heteroatoms. The molecule has 0 fully saturated rings. The Bertz CT molecular complexity index is 1270. The van der Waals surface area contributed by atoms with Gasteiger partial charge in [-0.2, -0.15) is 0 Å². The van der Waals surface area contributed by atoms with Gasteiger partial charge in [-0.05, 0) is 41.5 Å². The van der Waals surface area contributed by atoms with Crippen molar-refractivity contribution in [3.8, 4) is 28.1 Å². The fourth-order valence-corrected chi connectivity index (χ4v) is 3.75. The lowest BCUT2D eigenvalue weighted by molar-refractivity contribution is 0.415. The molecule has 2 aromatic carbocycles. The van der Waals surface area contributed by atoms with E-state index >= 15 is 0 Å². The predicted molar refractivity (Wildman–Crippen MR) is 110 cm³/mol. The number of nitrogens with one attached hydrogen (secondary N) is 1. The van der Waals surface area contributed by atoms with Crippen molar-refractivity contribution in [1.82, 2.24) is 14.5 Å². The largest absolute Gasteiger partial charge is 0.497 e. The summed E-state index contributed by atoms with van der Waals surface area (Å²) in [5.41, 5.74) is 6.63.